The minimum Gasteiger partial charge on any atom is -0.481 e. The third kappa shape index (κ3) is 2.35. The second-order valence-corrected chi connectivity index (χ2v) is 3.04. The van der Waals surface area contributed by atoms with Crippen LogP contribution in [0.4, 0.5) is 0 Å². The molecule has 0 aromatic heterocycles. The lowest BCUT2D eigenvalue weighted by molar-refractivity contribution is -0.136. The molecule has 14 heavy (non-hydrogen) atoms. The number of hydrogen-bond acceptors (Lipinski definition) is 2. The van der Waals surface area contributed by atoms with E-state index in [9.17, 15) is 9.59 Å². The van der Waals surface area contributed by atoms with Gasteiger partial charge in [0.05, 0.1) is 12.0 Å². The molecule has 2 N–H and O–H groups in total. The Hall–Kier alpha value is -1.78. The Morgan fingerprint density at radius 3 is 2.43 bits per heavy atom. The fourth-order valence-electron chi connectivity index (χ4n) is 1.24. The smallest absolute Gasteiger partial charge is 0.335 e. The van der Waals surface area contributed by atoms with Gasteiger partial charge in [-0.25, -0.2) is 4.79 Å². The van der Waals surface area contributed by atoms with Gasteiger partial charge in [-0.3, -0.25) is 4.79 Å². The van der Waals surface area contributed by atoms with Crippen LogP contribution in [0.15, 0.2) is 18.2 Å². The van der Waals surface area contributed by atoms with Gasteiger partial charge in [-0.1, -0.05) is 17.6 Å². The number of rotatable bonds is 3. The monoisotopic (exact) mass is 192 g/mol. The molecule has 1 aromatic carbocycles. The second kappa shape index (κ2) is 3.96. The van der Waals surface area contributed by atoms with Gasteiger partial charge in [0.15, 0.2) is 0 Å². The van der Waals surface area contributed by atoms with E-state index in [0.717, 1.165) is 5.46 Å². The fourth-order valence-corrected chi connectivity index (χ4v) is 1.24. The maximum Gasteiger partial charge on any atom is 0.335 e. The first-order chi connectivity index (χ1) is 6.50. The second-order valence-electron chi connectivity index (χ2n) is 3.04. The summed E-state index contributed by atoms with van der Waals surface area (Å²) >= 11 is 0. The van der Waals surface area contributed by atoms with E-state index in [1.54, 1.807) is 20.0 Å². The average Bonchev–Trinajstić information content (AvgIpc) is 2.01. The molecule has 0 saturated heterocycles. The van der Waals surface area contributed by atoms with E-state index < -0.39 is 11.9 Å². The average molecular weight is 192 g/mol. The largest absolute Gasteiger partial charge is 0.481 e. The van der Waals surface area contributed by atoms with Crippen molar-refractivity contribution in [1.82, 2.24) is 0 Å². The maximum atomic E-state index is 10.7. The van der Waals surface area contributed by atoms with Gasteiger partial charge < -0.3 is 10.2 Å². The molecule has 0 bridgehead atoms. The van der Waals surface area contributed by atoms with Crippen molar-refractivity contribution >= 4 is 25.2 Å². The molecule has 0 aliphatic carbocycles. The fraction of sp³-hybridized carbons (Fsp3) is 0.111. The molecule has 0 aliphatic rings. The minimum absolute atomic E-state index is 0.0537. The lowest BCUT2D eigenvalue weighted by Gasteiger charge is -2.04. The van der Waals surface area contributed by atoms with Crippen molar-refractivity contribution in [2.24, 2.45) is 0 Å². The molecule has 0 aliphatic heterocycles. The summed E-state index contributed by atoms with van der Waals surface area (Å²) in [4.78, 5) is 21.2. The highest BCUT2D eigenvalue weighted by atomic mass is 16.4. The minimum atomic E-state index is -1.10. The number of benzene rings is 1. The summed E-state index contributed by atoms with van der Waals surface area (Å²) in [6.45, 7) is 0. The van der Waals surface area contributed by atoms with Crippen molar-refractivity contribution in [2.45, 2.75) is 6.42 Å². The molecule has 0 heterocycles. The Kier molecular flexibility index (Phi) is 2.91. The summed E-state index contributed by atoms with van der Waals surface area (Å²) in [5.41, 5.74) is 1.24. The summed E-state index contributed by atoms with van der Waals surface area (Å²) in [6, 6.07) is 4.66. The van der Waals surface area contributed by atoms with Crippen LogP contribution in [0.1, 0.15) is 15.9 Å². The van der Waals surface area contributed by atoms with Crippen LogP contribution in [0.3, 0.4) is 0 Å². The molecule has 5 heteroatoms. The predicted molar refractivity (Wildman–Crippen MR) is 52.9 cm³/mol. The summed E-state index contributed by atoms with van der Waals surface area (Å²) in [6.07, 6.45) is -0.261. The number of carboxylic acids is 2. The van der Waals surface area contributed by atoms with Crippen LogP contribution in [-0.2, 0) is 11.2 Å². The van der Waals surface area contributed by atoms with Gasteiger partial charge >= 0.3 is 11.9 Å². The molecule has 1 rings (SSSR count). The quantitative estimate of drug-likeness (QED) is 0.619. The Labute approximate surface area is 81.6 Å². The lowest BCUT2D eigenvalue weighted by atomic mass is 9.91. The molecular weight excluding hydrogens is 183 g/mol. The Balaban J connectivity index is 3.15. The highest BCUT2D eigenvalue weighted by Gasteiger charge is 2.12. The van der Waals surface area contributed by atoms with Crippen LogP contribution in [0.5, 0.6) is 0 Å². The van der Waals surface area contributed by atoms with E-state index in [1.165, 1.54) is 6.07 Å². The molecule has 0 fully saturated rings. The highest BCUT2D eigenvalue weighted by molar-refractivity contribution is 6.32. The third-order valence-corrected chi connectivity index (χ3v) is 1.83. The van der Waals surface area contributed by atoms with E-state index in [2.05, 4.69) is 0 Å². The molecule has 0 atom stereocenters. The van der Waals surface area contributed by atoms with Crippen molar-refractivity contribution in [2.75, 3.05) is 0 Å². The molecule has 0 radical (unpaired) electrons. The van der Waals surface area contributed by atoms with Gasteiger partial charge in [0.1, 0.15) is 7.85 Å². The zero-order chi connectivity index (χ0) is 10.7. The van der Waals surface area contributed by atoms with Gasteiger partial charge in [-0.05, 0) is 11.6 Å². The van der Waals surface area contributed by atoms with E-state index in [-0.39, 0.29) is 12.0 Å². The topological polar surface area (TPSA) is 74.6 Å². The molecule has 1 aromatic rings. The Bertz CT molecular complexity index is 386. The number of aliphatic carboxylic acids is 1. The van der Waals surface area contributed by atoms with Gasteiger partial charge in [-0.15, -0.1) is 0 Å². The van der Waals surface area contributed by atoms with Crippen LogP contribution in [-0.4, -0.2) is 30.0 Å². The van der Waals surface area contributed by atoms with Crippen LogP contribution in [0.25, 0.3) is 0 Å². The van der Waals surface area contributed by atoms with Gasteiger partial charge in [-0.2, -0.15) is 0 Å². The first-order valence-corrected chi connectivity index (χ1v) is 4.05. The van der Waals surface area contributed by atoms with Crippen LogP contribution in [0, 0.1) is 0 Å². The highest BCUT2D eigenvalue weighted by Crippen LogP contribution is 2.07. The molecule has 0 saturated carbocycles. The van der Waals surface area contributed by atoms with E-state index in [0.29, 0.717) is 5.56 Å². The number of carboxylic acid groups (broad SMARTS) is 2. The van der Waals surface area contributed by atoms with Gasteiger partial charge in [0.2, 0.25) is 0 Å². The summed E-state index contributed by atoms with van der Waals surface area (Å²) < 4.78 is 0. The molecule has 4 nitrogen and oxygen atoms in total. The molecular formula is C9H9BO4. The number of hydrogen-bond donors (Lipinski definition) is 2. The van der Waals surface area contributed by atoms with Gasteiger partial charge in [0.25, 0.3) is 0 Å². The molecule has 0 spiro atoms. The zero-order valence-corrected chi connectivity index (χ0v) is 7.65. The van der Waals surface area contributed by atoms with Crippen LogP contribution >= 0.6 is 0 Å². The first kappa shape index (κ1) is 10.3. The summed E-state index contributed by atoms with van der Waals surface area (Å²) in [5, 5.41) is 17.3. The molecule has 0 amide bonds. The van der Waals surface area contributed by atoms with Crippen molar-refractivity contribution in [3.63, 3.8) is 0 Å². The van der Waals surface area contributed by atoms with Crippen molar-refractivity contribution in [1.29, 1.82) is 0 Å². The Morgan fingerprint density at radius 2 is 1.93 bits per heavy atom. The lowest BCUT2D eigenvalue weighted by Crippen LogP contribution is -2.12. The summed E-state index contributed by atoms with van der Waals surface area (Å²) in [5.74, 6) is -2.13. The van der Waals surface area contributed by atoms with Gasteiger partial charge in [0, 0.05) is 0 Å². The predicted octanol–water partition coefficient (Wildman–Crippen LogP) is -0.730. The van der Waals surface area contributed by atoms with Crippen LogP contribution < -0.4 is 5.46 Å². The standard InChI is InChI=1S/C9H9BO4/c10-6-1-2-7(9(13)14)5(3-6)4-8(11)12/h1-3H,4,10H2,(H,11,12)(H,13,14). The first-order valence-electron chi connectivity index (χ1n) is 4.05. The van der Waals surface area contributed by atoms with Crippen molar-refractivity contribution < 1.29 is 19.8 Å². The number of carbonyl (C=O) groups is 2. The van der Waals surface area contributed by atoms with Crippen molar-refractivity contribution in [3.05, 3.63) is 29.3 Å². The van der Waals surface area contributed by atoms with E-state index in [1.807, 2.05) is 0 Å². The number of aromatic carboxylic acids is 1. The summed E-state index contributed by atoms with van der Waals surface area (Å²) in [7, 11) is 1.79. The molecule has 72 valence electrons. The normalized spacial score (nSPS) is 9.71. The maximum absolute atomic E-state index is 10.7. The van der Waals surface area contributed by atoms with Crippen LogP contribution in [0.2, 0.25) is 0 Å². The van der Waals surface area contributed by atoms with E-state index in [4.69, 9.17) is 10.2 Å². The SMILES string of the molecule is Bc1ccc(C(=O)O)c(CC(=O)O)c1. The third-order valence-electron chi connectivity index (χ3n) is 1.83. The van der Waals surface area contributed by atoms with Crippen molar-refractivity contribution in [3.8, 4) is 0 Å². The van der Waals surface area contributed by atoms with E-state index >= 15 is 0 Å². The zero-order valence-electron chi connectivity index (χ0n) is 7.65. The Morgan fingerprint density at radius 1 is 1.29 bits per heavy atom. The molecule has 0 unspecified atom stereocenters.